The molecular formula is C17H14N4O. The van der Waals surface area contributed by atoms with Crippen LogP contribution in [0.15, 0.2) is 48.7 Å². The molecule has 5 nitrogen and oxygen atoms in total. The van der Waals surface area contributed by atoms with Crippen molar-refractivity contribution < 1.29 is 4.79 Å². The van der Waals surface area contributed by atoms with E-state index < -0.39 is 0 Å². The first-order valence-electron chi connectivity index (χ1n) is 7.04. The number of nitrogens with one attached hydrogen (secondary N) is 3. The van der Waals surface area contributed by atoms with Crippen molar-refractivity contribution in [1.82, 2.24) is 15.2 Å². The number of benzene rings is 2. The summed E-state index contributed by atoms with van der Waals surface area (Å²) in [5.74, 6) is -0.117. The van der Waals surface area contributed by atoms with Crippen LogP contribution in [-0.2, 0) is 0 Å². The zero-order valence-corrected chi connectivity index (χ0v) is 12.0. The predicted octanol–water partition coefficient (Wildman–Crippen LogP) is 3.60. The van der Waals surface area contributed by atoms with Crippen LogP contribution in [0.1, 0.15) is 16.1 Å². The van der Waals surface area contributed by atoms with Gasteiger partial charge in [-0.05, 0) is 31.2 Å². The number of H-pyrrole nitrogens is 2. The molecule has 0 aliphatic rings. The maximum atomic E-state index is 12.6. The fourth-order valence-electron chi connectivity index (χ4n) is 2.78. The van der Waals surface area contributed by atoms with E-state index in [4.69, 9.17) is 0 Å². The Hall–Kier alpha value is -3.08. The monoisotopic (exact) mass is 290 g/mol. The number of fused-ring (bicyclic) bond motifs is 2. The summed E-state index contributed by atoms with van der Waals surface area (Å²) in [5, 5.41) is 11.8. The van der Waals surface area contributed by atoms with E-state index >= 15 is 0 Å². The molecule has 0 radical (unpaired) electrons. The summed E-state index contributed by atoms with van der Waals surface area (Å²) in [6.45, 7) is 1.91. The van der Waals surface area contributed by atoms with E-state index in [0.717, 1.165) is 33.2 Å². The minimum Gasteiger partial charge on any atom is -0.358 e. The summed E-state index contributed by atoms with van der Waals surface area (Å²) in [6.07, 6.45) is 1.75. The number of aromatic nitrogens is 3. The molecule has 3 N–H and O–H groups in total. The molecule has 2 aromatic heterocycles. The number of rotatable bonds is 2. The molecule has 0 saturated carbocycles. The quantitative estimate of drug-likeness (QED) is 0.527. The molecule has 108 valence electrons. The van der Waals surface area contributed by atoms with Gasteiger partial charge in [-0.2, -0.15) is 5.10 Å². The van der Waals surface area contributed by atoms with Crippen LogP contribution < -0.4 is 5.32 Å². The maximum Gasteiger partial charge on any atom is 0.258 e. The number of hydrogen-bond acceptors (Lipinski definition) is 2. The first-order valence-corrected chi connectivity index (χ1v) is 7.04. The number of para-hydroxylation sites is 1. The summed E-state index contributed by atoms with van der Waals surface area (Å²) in [5.41, 5.74) is 4.15. The van der Waals surface area contributed by atoms with Gasteiger partial charge in [0.2, 0.25) is 0 Å². The Morgan fingerprint density at radius 3 is 2.91 bits per heavy atom. The molecule has 0 aliphatic heterocycles. The Labute approximate surface area is 126 Å². The van der Waals surface area contributed by atoms with E-state index in [1.807, 2.05) is 49.4 Å². The second-order valence-electron chi connectivity index (χ2n) is 5.30. The van der Waals surface area contributed by atoms with Gasteiger partial charge in [0.05, 0.1) is 17.3 Å². The number of carbonyl (C=O) groups excluding carboxylic acids is 1. The molecule has 1 amide bonds. The van der Waals surface area contributed by atoms with Gasteiger partial charge in [0.1, 0.15) is 0 Å². The van der Waals surface area contributed by atoms with Crippen LogP contribution in [0.5, 0.6) is 0 Å². The van der Waals surface area contributed by atoms with E-state index in [-0.39, 0.29) is 5.91 Å². The van der Waals surface area contributed by atoms with Crippen molar-refractivity contribution in [2.45, 2.75) is 6.92 Å². The molecule has 2 heterocycles. The largest absolute Gasteiger partial charge is 0.358 e. The Bertz CT molecular complexity index is 996. The molecule has 0 aliphatic carbocycles. The highest BCUT2D eigenvalue weighted by atomic mass is 16.1. The van der Waals surface area contributed by atoms with Crippen LogP contribution in [0.2, 0.25) is 0 Å². The molecule has 5 heteroatoms. The normalized spacial score (nSPS) is 11.1. The van der Waals surface area contributed by atoms with Crippen LogP contribution >= 0.6 is 0 Å². The summed E-state index contributed by atoms with van der Waals surface area (Å²) < 4.78 is 0. The lowest BCUT2D eigenvalue weighted by molar-refractivity contribution is 0.102. The summed E-state index contributed by atoms with van der Waals surface area (Å²) in [4.78, 5) is 15.9. The van der Waals surface area contributed by atoms with Crippen LogP contribution in [-0.4, -0.2) is 21.1 Å². The number of hydrogen-bond donors (Lipinski definition) is 3. The molecule has 0 unspecified atom stereocenters. The lowest BCUT2D eigenvalue weighted by Crippen LogP contribution is -2.12. The molecule has 4 aromatic rings. The van der Waals surface area contributed by atoms with Crippen molar-refractivity contribution in [2.24, 2.45) is 0 Å². The van der Waals surface area contributed by atoms with Crippen LogP contribution in [0.25, 0.3) is 21.8 Å². The zero-order chi connectivity index (χ0) is 15.1. The Balaban J connectivity index is 1.72. The van der Waals surface area contributed by atoms with Gasteiger partial charge in [-0.25, -0.2) is 0 Å². The SMILES string of the molecule is Cc1[nH]c2ccccc2c1C(=O)Nc1ccc2cn[nH]c2c1. The fraction of sp³-hybridized carbons (Fsp3) is 0.0588. The molecule has 0 saturated heterocycles. The average Bonchev–Trinajstić information content (AvgIpc) is 3.09. The van der Waals surface area contributed by atoms with E-state index in [9.17, 15) is 4.79 Å². The Morgan fingerprint density at radius 2 is 2.00 bits per heavy atom. The minimum absolute atomic E-state index is 0.117. The lowest BCUT2D eigenvalue weighted by Gasteiger charge is -2.05. The standard InChI is InChI=1S/C17H14N4O/c1-10-16(13-4-2-3-5-14(13)19-10)17(22)20-12-7-6-11-9-18-21-15(11)8-12/h2-9,19H,1H3,(H,18,21)(H,20,22). The highest BCUT2D eigenvalue weighted by molar-refractivity contribution is 6.14. The van der Waals surface area contributed by atoms with Crippen molar-refractivity contribution in [3.05, 3.63) is 59.9 Å². The van der Waals surface area contributed by atoms with Crippen LogP contribution in [0.4, 0.5) is 5.69 Å². The third-order valence-corrected chi connectivity index (χ3v) is 3.82. The molecule has 0 spiro atoms. The maximum absolute atomic E-state index is 12.6. The Morgan fingerprint density at radius 1 is 1.14 bits per heavy atom. The summed E-state index contributed by atoms with van der Waals surface area (Å²) >= 11 is 0. The van der Waals surface area contributed by atoms with Gasteiger partial charge in [0.15, 0.2) is 0 Å². The van der Waals surface area contributed by atoms with E-state index in [0.29, 0.717) is 5.56 Å². The van der Waals surface area contributed by atoms with E-state index in [1.165, 1.54) is 0 Å². The smallest absolute Gasteiger partial charge is 0.258 e. The van der Waals surface area contributed by atoms with Crippen molar-refractivity contribution in [1.29, 1.82) is 0 Å². The molecular weight excluding hydrogens is 276 g/mol. The van der Waals surface area contributed by atoms with Gasteiger partial charge < -0.3 is 10.3 Å². The van der Waals surface area contributed by atoms with Gasteiger partial charge in [0.25, 0.3) is 5.91 Å². The van der Waals surface area contributed by atoms with Crippen molar-refractivity contribution >= 4 is 33.4 Å². The van der Waals surface area contributed by atoms with Gasteiger partial charge >= 0.3 is 0 Å². The molecule has 4 rings (SSSR count). The first kappa shape index (κ1) is 12.6. The van der Waals surface area contributed by atoms with Crippen molar-refractivity contribution in [3.8, 4) is 0 Å². The lowest BCUT2D eigenvalue weighted by atomic mass is 10.1. The van der Waals surface area contributed by atoms with Crippen LogP contribution in [0, 0.1) is 6.92 Å². The second-order valence-corrected chi connectivity index (χ2v) is 5.30. The molecule has 2 aromatic carbocycles. The molecule has 0 bridgehead atoms. The number of aryl methyl sites for hydroxylation is 1. The molecule has 0 fully saturated rings. The highest BCUT2D eigenvalue weighted by Crippen LogP contribution is 2.24. The van der Waals surface area contributed by atoms with Gasteiger partial charge in [-0.15, -0.1) is 0 Å². The zero-order valence-electron chi connectivity index (χ0n) is 12.0. The second kappa shape index (κ2) is 4.73. The first-order chi connectivity index (χ1) is 10.7. The van der Waals surface area contributed by atoms with E-state index in [1.54, 1.807) is 6.20 Å². The third kappa shape index (κ3) is 1.95. The third-order valence-electron chi connectivity index (χ3n) is 3.82. The topological polar surface area (TPSA) is 73.6 Å². The summed E-state index contributed by atoms with van der Waals surface area (Å²) in [7, 11) is 0. The molecule has 0 atom stereocenters. The number of carbonyl (C=O) groups is 1. The number of amides is 1. The average molecular weight is 290 g/mol. The predicted molar refractivity (Wildman–Crippen MR) is 87.1 cm³/mol. The minimum atomic E-state index is -0.117. The van der Waals surface area contributed by atoms with Gasteiger partial charge in [-0.3, -0.25) is 9.89 Å². The van der Waals surface area contributed by atoms with Crippen molar-refractivity contribution in [3.63, 3.8) is 0 Å². The van der Waals surface area contributed by atoms with Crippen LogP contribution in [0.3, 0.4) is 0 Å². The number of nitrogens with zero attached hydrogens (tertiary/aromatic N) is 1. The van der Waals surface area contributed by atoms with Gasteiger partial charge in [0, 0.05) is 27.7 Å². The number of aromatic amines is 2. The Kier molecular flexibility index (Phi) is 2.72. The molecule has 22 heavy (non-hydrogen) atoms. The summed E-state index contributed by atoms with van der Waals surface area (Å²) in [6, 6.07) is 13.5. The van der Waals surface area contributed by atoms with E-state index in [2.05, 4.69) is 20.5 Å². The fourth-order valence-corrected chi connectivity index (χ4v) is 2.78. The number of anilines is 1. The van der Waals surface area contributed by atoms with Crippen molar-refractivity contribution in [2.75, 3.05) is 5.32 Å². The van der Waals surface area contributed by atoms with Gasteiger partial charge in [-0.1, -0.05) is 18.2 Å². The highest BCUT2D eigenvalue weighted by Gasteiger charge is 2.16.